The third-order valence-electron chi connectivity index (χ3n) is 2.90. The Hall–Kier alpha value is -2.47. The largest absolute Gasteiger partial charge is 0.261 e. The zero-order valence-corrected chi connectivity index (χ0v) is 10.3. The van der Waals surface area contributed by atoms with Crippen LogP contribution < -0.4 is 0 Å². The molecule has 0 saturated carbocycles. The number of halogens is 1. The van der Waals surface area contributed by atoms with Crippen molar-refractivity contribution in [3.8, 4) is 11.4 Å². The molecule has 4 aromatic rings. The molecule has 19 heavy (non-hydrogen) atoms. The maximum absolute atomic E-state index is 6.16. The number of hydrogen-bond donors (Lipinski definition) is 1. The van der Waals surface area contributed by atoms with E-state index in [0.717, 1.165) is 10.9 Å². The number of nitrogens with zero attached hydrogens (tertiary/aromatic N) is 5. The first kappa shape index (κ1) is 10.5. The van der Waals surface area contributed by atoms with E-state index >= 15 is 0 Å². The molecule has 0 saturated heterocycles. The van der Waals surface area contributed by atoms with Crippen molar-refractivity contribution in [1.82, 2.24) is 29.8 Å². The molecule has 0 unspecified atom stereocenters. The van der Waals surface area contributed by atoms with Crippen LogP contribution in [-0.2, 0) is 0 Å². The van der Waals surface area contributed by atoms with Crippen LogP contribution in [0.3, 0.4) is 0 Å². The Kier molecular flexibility index (Phi) is 2.07. The first-order valence-corrected chi connectivity index (χ1v) is 6.00. The second kappa shape index (κ2) is 3.76. The van der Waals surface area contributed by atoms with Gasteiger partial charge >= 0.3 is 0 Å². The third kappa shape index (κ3) is 1.50. The van der Waals surface area contributed by atoms with Crippen LogP contribution in [0.2, 0.25) is 5.02 Å². The lowest BCUT2D eigenvalue weighted by Gasteiger charge is -1.96. The molecule has 4 rings (SSSR count). The van der Waals surface area contributed by atoms with Crippen molar-refractivity contribution in [2.75, 3.05) is 0 Å². The van der Waals surface area contributed by atoms with Gasteiger partial charge in [0.05, 0.1) is 16.6 Å². The number of aromatic amines is 1. The van der Waals surface area contributed by atoms with Gasteiger partial charge < -0.3 is 0 Å². The summed E-state index contributed by atoms with van der Waals surface area (Å²) in [6.07, 6.45) is 3.28. The van der Waals surface area contributed by atoms with Gasteiger partial charge in [0.25, 0.3) is 0 Å². The molecule has 0 amide bonds. The molecule has 6 nitrogen and oxygen atoms in total. The molecular formula is C12H7ClN6. The van der Waals surface area contributed by atoms with Crippen LogP contribution in [-0.4, -0.2) is 29.8 Å². The van der Waals surface area contributed by atoms with E-state index in [1.165, 1.54) is 0 Å². The van der Waals surface area contributed by atoms with Crippen molar-refractivity contribution in [2.24, 2.45) is 0 Å². The molecule has 3 heterocycles. The van der Waals surface area contributed by atoms with Crippen molar-refractivity contribution < 1.29 is 0 Å². The lowest BCUT2D eigenvalue weighted by molar-refractivity contribution is 0.934. The van der Waals surface area contributed by atoms with Crippen LogP contribution in [0.4, 0.5) is 0 Å². The van der Waals surface area contributed by atoms with Crippen molar-refractivity contribution in [2.45, 2.75) is 0 Å². The zero-order chi connectivity index (χ0) is 12.8. The van der Waals surface area contributed by atoms with Gasteiger partial charge in [-0.05, 0) is 12.1 Å². The summed E-state index contributed by atoms with van der Waals surface area (Å²) in [6, 6.07) is 7.47. The van der Waals surface area contributed by atoms with Crippen LogP contribution in [0.1, 0.15) is 0 Å². The number of rotatable bonds is 1. The van der Waals surface area contributed by atoms with Crippen molar-refractivity contribution in [3.63, 3.8) is 0 Å². The SMILES string of the molecule is Clc1ccccc1-c1nc2c3cn[nH]c3ncn2n1. The third-order valence-corrected chi connectivity index (χ3v) is 3.23. The van der Waals surface area contributed by atoms with E-state index in [4.69, 9.17) is 11.6 Å². The summed E-state index contributed by atoms with van der Waals surface area (Å²) in [5, 5.41) is 12.6. The molecule has 0 aliphatic rings. The molecule has 0 spiro atoms. The van der Waals surface area contributed by atoms with Crippen LogP contribution in [0.15, 0.2) is 36.8 Å². The minimum absolute atomic E-state index is 0.570. The van der Waals surface area contributed by atoms with Gasteiger partial charge in [-0.3, -0.25) is 5.10 Å². The van der Waals surface area contributed by atoms with Gasteiger partial charge in [0.15, 0.2) is 17.1 Å². The molecule has 7 heteroatoms. The Morgan fingerprint density at radius 2 is 2.11 bits per heavy atom. The fourth-order valence-corrected chi connectivity index (χ4v) is 2.22. The highest BCUT2D eigenvalue weighted by Crippen LogP contribution is 2.26. The topological polar surface area (TPSA) is 71.8 Å². The number of hydrogen-bond acceptors (Lipinski definition) is 4. The average Bonchev–Trinajstić information content (AvgIpc) is 3.04. The molecule has 0 bridgehead atoms. The standard InChI is InChI=1S/C12H7ClN6/c13-9-4-2-1-3-7(9)11-16-12-8-5-15-17-10(8)14-6-19(12)18-11/h1-6H,(H,15,17). The monoisotopic (exact) mass is 270 g/mol. The number of fused-ring (bicyclic) bond motifs is 3. The predicted molar refractivity (Wildman–Crippen MR) is 70.9 cm³/mol. The lowest BCUT2D eigenvalue weighted by atomic mass is 10.2. The van der Waals surface area contributed by atoms with E-state index < -0.39 is 0 Å². The van der Waals surface area contributed by atoms with E-state index in [0.29, 0.717) is 22.1 Å². The van der Waals surface area contributed by atoms with E-state index in [-0.39, 0.29) is 0 Å². The molecule has 1 N–H and O–H groups in total. The minimum atomic E-state index is 0.570. The Bertz CT molecular complexity index is 893. The molecule has 0 radical (unpaired) electrons. The first-order valence-electron chi connectivity index (χ1n) is 5.62. The van der Waals surface area contributed by atoms with Crippen molar-refractivity contribution in [3.05, 3.63) is 41.8 Å². The summed E-state index contributed by atoms with van der Waals surface area (Å²) in [6.45, 7) is 0. The van der Waals surface area contributed by atoms with Crippen LogP contribution in [0.5, 0.6) is 0 Å². The van der Waals surface area contributed by atoms with Gasteiger partial charge in [-0.25, -0.2) is 14.5 Å². The van der Waals surface area contributed by atoms with Crippen LogP contribution >= 0.6 is 11.6 Å². The molecule has 0 aliphatic carbocycles. The van der Waals surface area contributed by atoms with Crippen molar-refractivity contribution >= 4 is 28.3 Å². The fraction of sp³-hybridized carbons (Fsp3) is 0. The van der Waals surface area contributed by atoms with Crippen LogP contribution in [0, 0.1) is 0 Å². The van der Waals surface area contributed by atoms with Gasteiger partial charge in [0.1, 0.15) is 6.33 Å². The van der Waals surface area contributed by atoms with Gasteiger partial charge in [0.2, 0.25) is 0 Å². The molecule has 0 fully saturated rings. The molecule has 0 aliphatic heterocycles. The zero-order valence-electron chi connectivity index (χ0n) is 9.58. The summed E-state index contributed by atoms with van der Waals surface area (Å²) in [5.74, 6) is 0.570. The highest BCUT2D eigenvalue weighted by Gasteiger charge is 2.12. The Morgan fingerprint density at radius 3 is 3.00 bits per heavy atom. The highest BCUT2D eigenvalue weighted by atomic mass is 35.5. The number of nitrogens with one attached hydrogen (secondary N) is 1. The smallest absolute Gasteiger partial charge is 0.183 e. The predicted octanol–water partition coefficient (Wildman–Crippen LogP) is 2.32. The number of H-pyrrole nitrogens is 1. The van der Waals surface area contributed by atoms with Crippen molar-refractivity contribution in [1.29, 1.82) is 0 Å². The Morgan fingerprint density at radius 1 is 1.21 bits per heavy atom. The lowest BCUT2D eigenvalue weighted by Crippen LogP contribution is -1.90. The Balaban J connectivity index is 2.04. The quantitative estimate of drug-likeness (QED) is 0.576. The second-order valence-corrected chi connectivity index (χ2v) is 4.47. The normalized spacial score (nSPS) is 11.4. The highest BCUT2D eigenvalue weighted by molar-refractivity contribution is 6.33. The van der Waals surface area contributed by atoms with Gasteiger partial charge in [-0.2, -0.15) is 5.10 Å². The first-order chi connectivity index (χ1) is 9.33. The molecule has 0 atom stereocenters. The number of aromatic nitrogens is 6. The summed E-state index contributed by atoms with van der Waals surface area (Å²) in [4.78, 5) is 8.72. The number of benzene rings is 1. The summed E-state index contributed by atoms with van der Waals surface area (Å²) < 4.78 is 1.62. The minimum Gasteiger partial charge on any atom is -0.261 e. The van der Waals surface area contributed by atoms with Gasteiger partial charge in [-0.15, -0.1) is 5.10 Å². The second-order valence-electron chi connectivity index (χ2n) is 4.06. The van der Waals surface area contributed by atoms with Gasteiger partial charge in [0, 0.05) is 5.56 Å². The maximum Gasteiger partial charge on any atom is 0.183 e. The van der Waals surface area contributed by atoms with Gasteiger partial charge in [-0.1, -0.05) is 23.7 Å². The molecule has 1 aromatic carbocycles. The molecule has 92 valence electrons. The maximum atomic E-state index is 6.16. The van der Waals surface area contributed by atoms with E-state index in [9.17, 15) is 0 Å². The van der Waals surface area contributed by atoms with Crippen LogP contribution in [0.25, 0.3) is 28.1 Å². The molecular weight excluding hydrogens is 264 g/mol. The average molecular weight is 271 g/mol. The molecule has 3 aromatic heterocycles. The van der Waals surface area contributed by atoms with E-state index in [1.54, 1.807) is 17.0 Å². The summed E-state index contributed by atoms with van der Waals surface area (Å²) in [7, 11) is 0. The fourth-order valence-electron chi connectivity index (χ4n) is 2.00. The van der Waals surface area contributed by atoms with E-state index in [2.05, 4.69) is 25.3 Å². The summed E-state index contributed by atoms with van der Waals surface area (Å²) in [5.41, 5.74) is 2.18. The summed E-state index contributed by atoms with van der Waals surface area (Å²) >= 11 is 6.16. The van der Waals surface area contributed by atoms with E-state index in [1.807, 2.05) is 24.3 Å². The Labute approximate surface area is 112 Å².